The van der Waals surface area contributed by atoms with Crippen LogP contribution >= 0.6 is 0 Å². The summed E-state index contributed by atoms with van der Waals surface area (Å²) in [7, 11) is 0. The summed E-state index contributed by atoms with van der Waals surface area (Å²) in [6.07, 6.45) is 1.57. The van der Waals surface area contributed by atoms with Gasteiger partial charge < -0.3 is 10.0 Å². The summed E-state index contributed by atoms with van der Waals surface area (Å²) in [4.78, 5) is 30.3. The van der Waals surface area contributed by atoms with E-state index < -0.39 is 5.97 Å². The molecule has 2 heterocycles. The number of rotatable bonds is 4. The van der Waals surface area contributed by atoms with Crippen molar-refractivity contribution in [1.82, 2.24) is 14.5 Å². The number of aromatic nitrogens is 2. The molecule has 1 aromatic heterocycles. The van der Waals surface area contributed by atoms with E-state index in [1.807, 2.05) is 43.3 Å². The fraction of sp³-hybridized carbons (Fsp3) is 0.286. The van der Waals surface area contributed by atoms with Gasteiger partial charge in [0.05, 0.1) is 17.5 Å². The second-order valence-corrected chi connectivity index (χ2v) is 6.93. The maximum atomic E-state index is 12.9. The van der Waals surface area contributed by atoms with E-state index in [9.17, 15) is 9.59 Å². The van der Waals surface area contributed by atoms with E-state index in [2.05, 4.69) is 9.55 Å². The maximum absolute atomic E-state index is 12.9. The number of nitrogens with zero attached hydrogens (tertiary/aromatic N) is 3. The van der Waals surface area contributed by atoms with Crippen LogP contribution in [0.2, 0.25) is 0 Å². The van der Waals surface area contributed by atoms with Crippen LogP contribution < -0.4 is 0 Å². The van der Waals surface area contributed by atoms with Crippen LogP contribution in [0.3, 0.4) is 0 Å². The molecule has 0 spiro atoms. The van der Waals surface area contributed by atoms with Gasteiger partial charge in [0.2, 0.25) is 0 Å². The molecule has 1 N–H and O–H groups in total. The van der Waals surface area contributed by atoms with Crippen molar-refractivity contribution in [2.24, 2.45) is 0 Å². The molecule has 1 saturated heterocycles. The van der Waals surface area contributed by atoms with Crippen molar-refractivity contribution in [1.29, 1.82) is 0 Å². The van der Waals surface area contributed by atoms with E-state index in [4.69, 9.17) is 5.11 Å². The molecule has 138 valence electrons. The number of carboxylic acid groups (broad SMARTS) is 1. The zero-order chi connectivity index (χ0) is 19.0. The van der Waals surface area contributed by atoms with Crippen LogP contribution in [0.1, 0.15) is 35.4 Å². The van der Waals surface area contributed by atoms with Crippen molar-refractivity contribution in [2.75, 3.05) is 6.54 Å². The number of hydrogen-bond acceptors (Lipinski definition) is 3. The summed E-state index contributed by atoms with van der Waals surface area (Å²) in [5, 5.41) is 9.08. The van der Waals surface area contributed by atoms with Gasteiger partial charge >= 0.3 is 5.97 Å². The van der Waals surface area contributed by atoms with Crippen molar-refractivity contribution in [2.45, 2.75) is 32.2 Å². The Morgan fingerprint density at radius 3 is 2.70 bits per heavy atom. The smallest absolute Gasteiger partial charge is 0.305 e. The number of carbonyl (C=O) groups excluding carboxylic acids is 1. The highest BCUT2D eigenvalue weighted by molar-refractivity contribution is 5.98. The number of aryl methyl sites for hydroxylation is 1. The van der Waals surface area contributed by atoms with E-state index in [1.54, 1.807) is 17.0 Å². The van der Waals surface area contributed by atoms with Gasteiger partial charge in [-0.05, 0) is 50.1 Å². The number of para-hydroxylation sites is 1. The Balaban J connectivity index is 1.68. The molecule has 2 aromatic carbocycles. The van der Waals surface area contributed by atoms with Crippen molar-refractivity contribution in [3.05, 3.63) is 59.9 Å². The van der Waals surface area contributed by atoms with Gasteiger partial charge in [-0.2, -0.15) is 0 Å². The van der Waals surface area contributed by atoms with E-state index in [0.717, 1.165) is 35.4 Å². The molecule has 0 bridgehead atoms. The van der Waals surface area contributed by atoms with Crippen molar-refractivity contribution in [3.8, 4) is 5.69 Å². The highest BCUT2D eigenvalue weighted by atomic mass is 16.4. The highest BCUT2D eigenvalue weighted by Gasteiger charge is 2.31. The number of amides is 1. The Bertz CT molecular complexity index is 1010. The van der Waals surface area contributed by atoms with E-state index in [-0.39, 0.29) is 18.4 Å². The Morgan fingerprint density at radius 2 is 1.96 bits per heavy atom. The van der Waals surface area contributed by atoms with Gasteiger partial charge in [0, 0.05) is 23.8 Å². The second kappa shape index (κ2) is 6.87. The third-order valence-electron chi connectivity index (χ3n) is 5.13. The first-order valence-electron chi connectivity index (χ1n) is 9.12. The van der Waals surface area contributed by atoms with E-state index in [1.165, 1.54) is 0 Å². The Kier molecular flexibility index (Phi) is 4.39. The van der Waals surface area contributed by atoms with Crippen LogP contribution in [0, 0.1) is 6.92 Å². The van der Waals surface area contributed by atoms with Gasteiger partial charge in [-0.15, -0.1) is 0 Å². The normalized spacial score (nSPS) is 16.8. The quantitative estimate of drug-likeness (QED) is 0.771. The maximum Gasteiger partial charge on any atom is 0.305 e. The van der Waals surface area contributed by atoms with Gasteiger partial charge in [0.1, 0.15) is 5.82 Å². The molecule has 1 fully saturated rings. The molecular formula is C21H21N3O3. The molecule has 1 aliphatic heterocycles. The van der Waals surface area contributed by atoms with Crippen molar-refractivity contribution >= 4 is 22.9 Å². The highest BCUT2D eigenvalue weighted by Crippen LogP contribution is 2.26. The first kappa shape index (κ1) is 17.3. The number of hydrogen-bond donors (Lipinski definition) is 1. The molecule has 0 radical (unpaired) electrons. The largest absolute Gasteiger partial charge is 0.481 e. The van der Waals surface area contributed by atoms with Crippen molar-refractivity contribution < 1.29 is 14.7 Å². The lowest BCUT2D eigenvalue weighted by atomic mass is 10.1. The number of imidazole rings is 1. The van der Waals surface area contributed by atoms with E-state index in [0.29, 0.717) is 12.1 Å². The zero-order valence-electron chi connectivity index (χ0n) is 15.1. The monoisotopic (exact) mass is 363 g/mol. The third kappa shape index (κ3) is 3.18. The van der Waals surface area contributed by atoms with Gasteiger partial charge in [-0.1, -0.05) is 18.2 Å². The van der Waals surface area contributed by atoms with Crippen LogP contribution in [0.5, 0.6) is 0 Å². The lowest BCUT2D eigenvalue weighted by molar-refractivity contribution is -0.137. The lowest BCUT2D eigenvalue weighted by Crippen LogP contribution is -2.36. The fourth-order valence-corrected chi connectivity index (χ4v) is 3.92. The summed E-state index contributed by atoms with van der Waals surface area (Å²) in [5.41, 5.74) is 3.28. The van der Waals surface area contributed by atoms with Crippen molar-refractivity contribution in [3.63, 3.8) is 0 Å². The molecule has 6 nitrogen and oxygen atoms in total. The van der Waals surface area contributed by atoms with Crippen LogP contribution in [-0.4, -0.2) is 44.0 Å². The first-order valence-corrected chi connectivity index (χ1v) is 9.12. The van der Waals surface area contributed by atoms with Crippen LogP contribution in [0.15, 0.2) is 48.5 Å². The molecule has 27 heavy (non-hydrogen) atoms. The zero-order valence-corrected chi connectivity index (χ0v) is 15.1. The number of fused-ring (bicyclic) bond motifs is 1. The molecule has 4 rings (SSSR count). The Morgan fingerprint density at radius 1 is 1.19 bits per heavy atom. The number of carboxylic acids is 1. The Hall–Kier alpha value is -3.15. The lowest BCUT2D eigenvalue weighted by Gasteiger charge is -2.23. The Labute approximate surface area is 157 Å². The molecule has 1 unspecified atom stereocenters. The van der Waals surface area contributed by atoms with Gasteiger partial charge in [-0.25, -0.2) is 4.98 Å². The van der Waals surface area contributed by atoms with Crippen LogP contribution in [0.25, 0.3) is 16.7 Å². The molecule has 3 aromatic rings. The minimum absolute atomic E-state index is 0.00424. The molecule has 6 heteroatoms. The predicted octanol–water partition coefficient (Wildman–Crippen LogP) is 3.41. The molecule has 1 atom stereocenters. The molecule has 0 aliphatic carbocycles. The topological polar surface area (TPSA) is 75.4 Å². The number of aliphatic carboxylic acids is 1. The van der Waals surface area contributed by atoms with Gasteiger partial charge in [-0.3, -0.25) is 14.2 Å². The molecular weight excluding hydrogens is 342 g/mol. The minimum Gasteiger partial charge on any atom is -0.481 e. The number of likely N-dealkylation sites (tertiary alicyclic amines) is 1. The van der Waals surface area contributed by atoms with Gasteiger partial charge in [0.15, 0.2) is 0 Å². The fourth-order valence-electron chi connectivity index (χ4n) is 3.92. The third-order valence-corrected chi connectivity index (χ3v) is 5.13. The summed E-state index contributed by atoms with van der Waals surface area (Å²) in [6, 6.07) is 15.3. The number of benzene rings is 2. The molecule has 1 aliphatic rings. The number of carbonyl (C=O) groups is 2. The second-order valence-electron chi connectivity index (χ2n) is 6.93. The van der Waals surface area contributed by atoms with E-state index >= 15 is 0 Å². The van der Waals surface area contributed by atoms with Crippen LogP contribution in [-0.2, 0) is 4.79 Å². The summed E-state index contributed by atoms with van der Waals surface area (Å²) < 4.78 is 2.06. The minimum atomic E-state index is -0.868. The standard InChI is InChI=1S/C21H21N3O3/c1-14-22-18-12-15(21(27)23-11-5-8-17(23)13-20(25)26)9-10-19(18)24(14)16-6-3-2-4-7-16/h2-4,6-7,9-10,12,17H,5,8,11,13H2,1H3,(H,25,26). The molecule has 1 amide bonds. The average molecular weight is 363 g/mol. The molecule has 0 saturated carbocycles. The summed E-state index contributed by atoms with van der Waals surface area (Å²) in [6.45, 7) is 2.55. The first-order chi connectivity index (χ1) is 13.0. The summed E-state index contributed by atoms with van der Waals surface area (Å²) >= 11 is 0. The SMILES string of the molecule is Cc1nc2cc(C(=O)N3CCCC3CC(=O)O)ccc2n1-c1ccccc1. The van der Waals surface area contributed by atoms with Gasteiger partial charge in [0.25, 0.3) is 5.91 Å². The summed E-state index contributed by atoms with van der Waals surface area (Å²) in [5.74, 6) is -0.134. The van der Waals surface area contributed by atoms with Crippen LogP contribution in [0.4, 0.5) is 0 Å². The predicted molar refractivity (Wildman–Crippen MR) is 102 cm³/mol. The average Bonchev–Trinajstić information content (AvgIpc) is 3.23.